The number of aryl methyl sites for hydroxylation is 2. The minimum absolute atomic E-state index is 0.292. The first kappa shape index (κ1) is 15.7. The van der Waals surface area contributed by atoms with Crippen molar-refractivity contribution in [2.75, 3.05) is 0 Å². The van der Waals surface area contributed by atoms with Crippen LogP contribution in [0.1, 0.15) is 37.0 Å². The molecule has 0 aliphatic rings. The van der Waals surface area contributed by atoms with Crippen LogP contribution in [0.15, 0.2) is 30.3 Å². The molecule has 3 aromatic rings. The number of aromatic nitrogens is 4. The van der Waals surface area contributed by atoms with Gasteiger partial charge in [-0.1, -0.05) is 24.6 Å². The summed E-state index contributed by atoms with van der Waals surface area (Å²) in [5.41, 5.74) is 2.94. The molecule has 8 heteroatoms. The van der Waals surface area contributed by atoms with Crippen LogP contribution in [-0.4, -0.2) is 24.0 Å². The van der Waals surface area contributed by atoms with Gasteiger partial charge in [-0.2, -0.15) is 8.93 Å². The van der Waals surface area contributed by atoms with E-state index in [2.05, 4.69) is 26.9 Å². The lowest BCUT2D eigenvalue weighted by Crippen LogP contribution is -2.26. The number of hydrogen-bond donors (Lipinski definition) is 2. The van der Waals surface area contributed by atoms with Gasteiger partial charge in [-0.15, -0.1) is 10.2 Å². The van der Waals surface area contributed by atoms with Gasteiger partial charge in [0.1, 0.15) is 5.75 Å². The molecule has 0 saturated heterocycles. The average molecular weight is 333 g/mol. The van der Waals surface area contributed by atoms with E-state index in [0.29, 0.717) is 11.6 Å². The van der Waals surface area contributed by atoms with E-state index in [-0.39, 0.29) is 6.04 Å². The first-order valence-corrected chi connectivity index (χ1v) is 8.50. The molecule has 23 heavy (non-hydrogen) atoms. The van der Waals surface area contributed by atoms with Crippen LogP contribution in [0, 0.1) is 6.92 Å². The third-order valence-electron chi connectivity index (χ3n) is 3.51. The number of nitrogens with zero attached hydrogens (tertiary/aromatic N) is 3. The van der Waals surface area contributed by atoms with Gasteiger partial charge in [-0.3, -0.25) is 5.10 Å². The first-order chi connectivity index (χ1) is 11.1. The van der Waals surface area contributed by atoms with Crippen LogP contribution >= 0.6 is 0 Å². The minimum atomic E-state index is -1.68. The summed E-state index contributed by atoms with van der Waals surface area (Å²) in [7, 11) is 0. The molecule has 2 unspecified atom stereocenters. The van der Waals surface area contributed by atoms with Gasteiger partial charge in [0.05, 0.1) is 6.04 Å². The highest BCUT2D eigenvalue weighted by molar-refractivity contribution is 7.78. The van der Waals surface area contributed by atoms with Crippen LogP contribution in [0.3, 0.4) is 0 Å². The molecule has 7 nitrogen and oxygen atoms in total. The van der Waals surface area contributed by atoms with Gasteiger partial charge >= 0.3 is 0 Å². The third-order valence-corrected chi connectivity index (χ3v) is 4.40. The molecule has 0 amide bonds. The second-order valence-corrected chi connectivity index (χ2v) is 6.23. The molecule has 0 saturated carbocycles. The van der Waals surface area contributed by atoms with E-state index in [4.69, 9.17) is 4.18 Å². The molecular weight excluding hydrogens is 314 g/mol. The smallest absolute Gasteiger partial charge is 0.288 e. The van der Waals surface area contributed by atoms with Crippen LogP contribution in [0.2, 0.25) is 0 Å². The van der Waals surface area contributed by atoms with E-state index in [9.17, 15) is 4.21 Å². The Morgan fingerprint density at radius 1 is 1.35 bits per heavy atom. The molecule has 2 heterocycles. The first-order valence-electron chi connectivity index (χ1n) is 7.42. The summed E-state index contributed by atoms with van der Waals surface area (Å²) >= 11 is -1.68. The fraction of sp³-hybridized carbons (Fsp3) is 0.333. The largest absolute Gasteiger partial charge is 0.389 e. The van der Waals surface area contributed by atoms with E-state index < -0.39 is 11.3 Å². The van der Waals surface area contributed by atoms with E-state index in [1.54, 1.807) is 16.6 Å². The van der Waals surface area contributed by atoms with Gasteiger partial charge in [-0.25, -0.2) is 4.52 Å². The molecule has 0 radical (unpaired) electrons. The zero-order chi connectivity index (χ0) is 16.4. The predicted octanol–water partition coefficient (Wildman–Crippen LogP) is 2.24. The molecule has 0 bridgehead atoms. The maximum Gasteiger partial charge on any atom is 0.288 e. The Morgan fingerprint density at radius 2 is 2.09 bits per heavy atom. The molecule has 1 aromatic carbocycles. The lowest BCUT2D eigenvalue weighted by molar-refractivity contribution is 0.527. The Balaban J connectivity index is 1.69. The summed E-state index contributed by atoms with van der Waals surface area (Å²) in [6.45, 7) is 5.91. The highest BCUT2D eigenvalue weighted by Gasteiger charge is 2.18. The number of nitrogens with one attached hydrogen (secondary N) is 2. The number of H-pyrrole nitrogens is 1. The van der Waals surface area contributed by atoms with Crippen molar-refractivity contribution >= 4 is 16.9 Å². The zero-order valence-corrected chi connectivity index (χ0v) is 14.1. The van der Waals surface area contributed by atoms with E-state index in [1.165, 1.54) is 0 Å². The fourth-order valence-electron chi connectivity index (χ4n) is 2.21. The molecule has 0 spiro atoms. The summed E-state index contributed by atoms with van der Waals surface area (Å²) in [5, 5.41) is 11.5. The lowest BCUT2D eigenvalue weighted by atomic mass is 10.2. The van der Waals surface area contributed by atoms with Crippen molar-refractivity contribution in [1.82, 2.24) is 24.5 Å². The van der Waals surface area contributed by atoms with Crippen LogP contribution in [0.5, 0.6) is 5.75 Å². The summed E-state index contributed by atoms with van der Waals surface area (Å²) in [6.07, 6.45) is 0.882. The zero-order valence-electron chi connectivity index (χ0n) is 13.2. The standard InChI is InChI=1S/C15H19N5O2S/c1-4-12-9-14-16-17-15(20(14)18-12)11(3)19-23(21)22-13-7-5-10(2)6-8-13/h5-9,11,18-19H,4H2,1-3H3. The fourth-order valence-corrected chi connectivity index (χ4v) is 2.94. The van der Waals surface area contributed by atoms with E-state index in [1.807, 2.05) is 32.0 Å². The van der Waals surface area contributed by atoms with Crippen LogP contribution in [0.4, 0.5) is 0 Å². The summed E-state index contributed by atoms with van der Waals surface area (Å²) < 4.78 is 22.1. The molecule has 0 aliphatic heterocycles. The Morgan fingerprint density at radius 3 is 2.78 bits per heavy atom. The molecule has 2 N–H and O–H groups in total. The van der Waals surface area contributed by atoms with Crippen molar-refractivity contribution in [1.29, 1.82) is 0 Å². The molecular formula is C15H19N5O2S. The second-order valence-electron chi connectivity index (χ2n) is 5.36. The number of benzene rings is 1. The van der Waals surface area contributed by atoms with E-state index >= 15 is 0 Å². The maximum absolute atomic E-state index is 12.1. The van der Waals surface area contributed by atoms with Crippen LogP contribution in [0.25, 0.3) is 5.65 Å². The minimum Gasteiger partial charge on any atom is -0.389 e. The van der Waals surface area contributed by atoms with Gasteiger partial charge in [0, 0.05) is 11.8 Å². The van der Waals surface area contributed by atoms with Crippen LogP contribution in [-0.2, 0) is 17.7 Å². The SMILES string of the molecule is CCc1cc2nnc(C(C)NS(=O)Oc3ccc(C)cc3)n2[nH]1. The van der Waals surface area contributed by atoms with Gasteiger partial charge in [0.25, 0.3) is 11.3 Å². The van der Waals surface area contributed by atoms with E-state index in [0.717, 1.165) is 23.3 Å². The van der Waals surface area contributed by atoms with Gasteiger partial charge in [-0.05, 0) is 32.4 Å². The summed E-state index contributed by atoms with van der Waals surface area (Å²) in [4.78, 5) is 0. The van der Waals surface area contributed by atoms with Gasteiger partial charge in [0.15, 0.2) is 11.5 Å². The highest BCUT2D eigenvalue weighted by atomic mass is 32.2. The average Bonchev–Trinajstić information content (AvgIpc) is 3.09. The lowest BCUT2D eigenvalue weighted by Gasteiger charge is -2.11. The van der Waals surface area contributed by atoms with Crippen LogP contribution < -0.4 is 8.91 Å². The predicted molar refractivity (Wildman–Crippen MR) is 88.2 cm³/mol. The number of rotatable bonds is 6. The number of hydrogen-bond acceptors (Lipinski definition) is 4. The quantitative estimate of drug-likeness (QED) is 0.724. The molecule has 2 atom stereocenters. The molecule has 122 valence electrons. The molecule has 0 aliphatic carbocycles. The number of fused-ring (bicyclic) bond motifs is 1. The van der Waals surface area contributed by atoms with Crippen molar-refractivity contribution in [2.24, 2.45) is 0 Å². The third kappa shape index (κ3) is 3.43. The Kier molecular flexibility index (Phi) is 4.44. The van der Waals surface area contributed by atoms with Crippen molar-refractivity contribution in [3.63, 3.8) is 0 Å². The monoisotopic (exact) mass is 333 g/mol. The Labute approximate surface area is 136 Å². The number of aromatic amines is 1. The Bertz CT molecular complexity index is 824. The van der Waals surface area contributed by atoms with Crippen molar-refractivity contribution in [3.8, 4) is 5.75 Å². The van der Waals surface area contributed by atoms with Crippen molar-refractivity contribution in [2.45, 2.75) is 33.2 Å². The molecule has 3 rings (SSSR count). The Hall–Kier alpha value is -2.19. The highest BCUT2D eigenvalue weighted by Crippen LogP contribution is 2.16. The summed E-state index contributed by atoms with van der Waals surface area (Å²) in [6, 6.07) is 9.04. The van der Waals surface area contributed by atoms with Gasteiger partial charge < -0.3 is 4.18 Å². The molecule has 2 aromatic heterocycles. The maximum atomic E-state index is 12.1. The van der Waals surface area contributed by atoms with Crippen molar-refractivity contribution in [3.05, 3.63) is 47.4 Å². The van der Waals surface area contributed by atoms with Gasteiger partial charge in [0.2, 0.25) is 0 Å². The molecule has 0 fully saturated rings. The summed E-state index contributed by atoms with van der Waals surface area (Å²) in [5.74, 6) is 1.20. The van der Waals surface area contributed by atoms with Crippen molar-refractivity contribution < 1.29 is 8.39 Å². The topological polar surface area (TPSA) is 84.3 Å². The second kappa shape index (κ2) is 6.51. The normalized spacial score (nSPS) is 14.0.